The van der Waals surface area contributed by atoms with Crippen molar-refractivity contribution in [3.05, 3.63) is 66.5 Å². The maximum atomic E-state index is 13.8. The van der Waals surface area contributed by atoms with Gasteiger partial charge in [0, 0.05) is 49.1 Å². The van der Waals surface area contributed by atoms with E-state index < -0.39 is 31.6 Å². The van der Waals surface area contributed by atoms with Crippen LogP contribution in [-0.2, 0) is 31.0 Å². The molecule has 1 N–H and O–H groups in total. The number of sulfone groups is 1. The van der Waals surface area contributed by atoms with Gasteiger partial charge in [0.2, 0.25) is 10.0 Å². The van der Waals surface area contributed by atoms with Crippen molar-refractivity contribution in [2.24, 2.45) is 0 Å². The number of amides is 1. The molecule has 0 aliphatic carbocycles. The summed E-state index contributed by atoms with van der Waals surface area (Å²) in [6.45, 7) is 5.87. The zero-order valence-electron chi connectivity index (χ0n) is 22.2. The topological polar surface area (TPSA) is 123 Å². The number of hydrogen-bond donors (Lipinski definition) is 1. The van der Waals surface area contributed by atoms with Gasteiger partial charge in [0.15, 0.2) is 9.84 Å². The largest absolute Gasteiger partial charge is 0.444 e. The van der Waals surface area contributed by atoms with Crippen molar-refractivity contribution < 1.29 is 26.4 Å². The lowest BCUT2D eigenvalue weighted by atomic mass is 10.1. The van der Waals surface area contributed by atoms with Gasteiger partial charge in [-0.25, -0.2) is 21.6 Å². The lowest BCUT2D eigenvalue weighted by Gasteiger charge is -2.24. The molecular weight excluding hydrogens is 526 g/mol. The van der Waals surface area contributed by atoms with Gasteiger partial charge in [0.1, 0.15) is 5.60 Å². The fourth-order valence-electron chi connectivity index (χ4n) is 4.09. The summed E-state index contributed by atoms with van der Waals surface area (Å²) in [5.74, 6) is 0. The molecule has 9 nitrogen and oxygen atoms in total. The number of pyridine rings is 1. The summed E-state index contributed by atoms with van der Waals surface area (Å²) in [6.07, 6.45) is 4.94. The molecule has 0 unspecified atom stereocenters. The normalized spacial score (nSPS) is 12.6. The summed E-state index contributed by atoms with van der Waals surface area (Å²) in [5.41, 5.74) is 0.0143. The van der Waals surface area contributed by atoms with Gasteiger partial charge in [-0.05, 0) is 63.8 Å². The van der Waals surface area contributed by atoms with Gasteiger partial charge in [0.05, 0.1) is 9.79 Å². The highest BCUT2D eigenvalue weighted by Crippen LogP contribution is 2.26. The number of sulfonamides is 1. The molecule has 3 aromatic rings. The van der Waals surface area contributed by atoms with E-state index in [0.29, 0.717) is 35.6 Å². The van der Waals surface area contributed by atoms with Gasteiger partial charge >= 0.3 is 6.09 Å². The van der Waals surface area contributed by atoms with Crippen LogP contribution in [0.3, 0.4) is 0 Å². The van der Waals surface area contributed by atoms with E-state index in [0.717, 1.165) is 6.26 Å². The van der Waals surface area contributed by atoms with Crippen molar-refractivity contribution in [2.75, 3.05) is 25.9 Å². The third-order valence-electron chi connectivity index (χ3n) is 5.74. The number of benzene rings is 2. The Balaban J connectivity index is 1.79. The Bertz CT molecular complexity index is 1480. The Labute approximate surface area is 225 Å². The molecule has 0 fully saturated rings. The number of nitrogens with one attached hydrogen (secondary N) is 1. The average Bonchev–Trinajstić information content (AvgIpc) is 2.83. The predicted molar refractivity (Wildman–Crippen MR) is 147 cm³/mol. The van der Waals surface area contributed by atoms with Gasteiger partial charge < -0.3 is 10.1 Å². The third kappa shape index (κ3) is 7.99. The van der Waals surface area contributed by atoms with Gasteiger partial charge in [-0.1, -0.05) is 30.3 Å². The second-order valence-corrected chi connectivity index (χ2v) is 13.9. The van der Waals surface area contributed by atoms with Crippen LogP contribution in [0, 0.1) is 0 Å². The van der Waals surface area contributed by atoms with E-state index in [1.54, 1.807) is 81.7 Å². The van der Waals surface area contributed by atoms with Crippen LogP contribution in [0.15, 0.2) is 70.7 Å². The molecule has 0 aliphatic heterocycles. The van der Waals surface area contributed by atoms with E-state index in [-0.39, 0.29) is 29.4 Å². The van der Waals surface area contributed by atoms with Crippen LogP contribution in [0.2, 0.25) is 0 Å². The van der Waals surface area contributed by atoms with Crippen molar-refractivity contribution in [2.45, 2.75) is 55.4 Å². The summed E-state index contributed by atoms with van der Waals surface area (Å²) in [4.78, 5) is 16.5. The molecule has 0 radical (unpaired) electrons. The number of rotatable bonds is 11. The number of nitrogens with zero attached hydrogens (tertiary/aromatic N) is 2. The Morgan fingerprint density at radius 1 is 0.947 bits per heavy atom. The van der Waals surface area contributed by atoms with Crippen LogP contribution >= 0.6 is 0 Å². The number of alkyl carbamates (subject to hydrolysis) is 1. The second-order valence-electron chi connectivity index (χ2n) is 10.0. The molecule has 3 rings (SSSR count). The first-order valence-corrected chi connectivity index (χ1v) is 15.7. The summed E-state index contributed by atoms with van der Waals surface area (Å²) < 4.78 is 58.7. The highest BCUT2D eigenvalue weighted by molar-refractivity contribution is 7.90. The summed E-state index contributed by atoms with van der Waals surface area (Å²) >= 11 is 0. The molecule has 11 heteroatoms. The lowest BCUT2D eigenvalue weighted by Crippen LogP contribution is -2.37. The van der Waals surface area contributed by atoms with Crippen LogP contribution in [0.4, 0.5) is 4.79 Å². The van der Waals surface area contributed by atoms with Gasteiger partial charge in [-0.2, -0.15) is 4.31 Å². The molecule has 0 aliphatic rings. The van der Waals surface area contributed by atoms with Crippen LogP contribution in [0.1, 0.15) is 39.2 Å². The van der Waals surface area contributed by atoms with Crippen LogP contribution in [0.25, 0.3) is 10.8 Å². The average molecular weight is 562 g/mol. The Morgan fingerprint density at radius 2 is 1.63 bits per heavy atom. The Morgan fingerprint density at radius 3 is 2.34 bits per heavy atom. The van der Waals surface area contributed by atoms with Gasteiger partial charge in [-0.15, -0.1) is 0 Å². The summed E-state index contributed by atoms with van der Waals surface area (Å²) in [5, 5.41) is 3.95. The Hall–Kier alpha value is -3.02. The molecule has 0 spiro atoms. The number of fused-ring (bicyclic) bond motifs is 1. The fourth-order valence-corrected chi connectivity index (χ4v) is 6.79. The van der Waals surface area contributed by atoms with E-state index in [1.807, 2.05) is 0 Å². The number of aryl methyl sites for hydroxylation is 1. The standard InChI is InChI=1S/C27H35N3O6S2/c1-27(2,3)36-26(31)29-16-9-19-30(18-8-12-21-10-5-6-13-24(21)37(4,32)33)38(34,35)25-14-7-11-22-20-28-17-15-23(22)25/h5-7,10-11,13-15,17,20H,8-9,12,16,18-19H2,1-4H3,(H,29,31). The van der Waals surface area contributed by atoms with Crippen molar-refractivity contribution in [1.29, 1.82) is 0 Å². The zero-order chi connectivity index (χ0) is 28.0. The molecule has 0 bridgehead atoms. The number of ether oxygens (including phenoxy) is 1. The quantitative estimate of drug-likeness (QED) is 0.349. The number of aromatic nitrogens is 1. The lowest BCUT2D eigenvalue weighted by molar-refractivity contribution is 0.0526. The smallest absolute Gasteiger partial charge is 0.407 e. The number of hydrogen-bond acceptors (Lipinski definition) is 7. The van der Waals surface area contributed by atoms with E-state index in [1.165, 1.54) is 4.31 Å². The first-order valence-electron chi connectivity index (χ1n) is 12.4. The number of carbonyl (C=O) groups is 1. The van der Waals surface area contributed by atoms with E-state index >= 15 is 0 Å². The Kier molecular flexibility index (Phi) is 9.50. The maximum absolute atomic E-state index is 13.8. The molecule has 38 heavy (non-hydrogen) atoms. The zero-order valence-corrected chi connectivity index (χ0v) is 23.8. The molecule has 1 heterocycles. The third-order valence-corrected chi connectivity index (χ3v) is 8.89. The van der Waals surface area contributed by atoms with E-state index in [2.05, 4.69) is 10.3 Å². The van der Waals surface area contributed by atoms with E-state index in [9.17, 15) is 21.6 Å². The molecule has 1 aromatic heterocycles. The molecular formula is C27H35N3O6S2. The van der Waals surface area contributed by atoms with Gasteiger partial charge in [0.25, 0.3) is 0 Å². The molecule has 0 saturated heterocycles. The molecule has 0 saturated carbocycles. The van der Waals surface area contributed by atoms with Crippen molar-refractivity contribution in [1.82, 2.24) is 14.6 Å². The van der Waals surface area contributed by atoms with Gasteiger partial charge in [-0.3, -0.25) is 4.98 Å². The van der Waals surface area contributed by atoms with Crippen LogP contribution in [0.5, 0.6) is 0 Å². The number of carbonyl (C=O) groups excluding carboxylic acids is 1. The van der Waals surface area contributed by atoms with Crippen molar-refractivity contribution >= 4 is 36.7 Å². The molecule has 2 aromatic carbocycles. The van der Waals surface area contributed by atoms with E-state index in [4.69, 9.17) is 4.74 Å². The summed E-state index contributed by atoms with van der Waals surface area (Å²) in [7, 11) is -7.32. The molecule has 206 valence electrons. The van der Waals surface area contributed by atoms with Crippen LogP contribution in [-0.4, -0.2) is 63.7 Å². The molecule has 1 amide bonds. The fraction of sp³-hybridized carbons (Fsp3) is 0.407. The minimum absolute atomic E-state index is 0.160. The first-order chi connectivity index (χ1) is 17.8. The minimum atomic E-state index is -3.91. The highest BCUT2D eigenvalue weighted by Gasteiger charge is 2.26. The first kappa shape index (κ1) is 29.5. The molecule has 0 atom stereocenters. The summed E-state index contributed by atoms with van der Waals surface area (Å²) in [6, 6.07) is 13.5. The maximum Gasteiger partial charge on any atom is 0.407 e. The monoisotopic (exact) mass is 561 g/mol. The predicted octanol–water partition coefficient (Wildman–Crippen LogP) is 4.18. The SMILES string of the molecule is CC(C)(C)OC(=O)NCCCN(CCCc1ccccc1S(C)(=O)=O)S(=O)(=O)c1cccc2cnccc12. The highest BCUT2D eigenvalue weighted by atomic mass is 32.2. The van der Waals surface area contributed by atoms with Crippen molar-refractivity contribution in [3.63, 3.8) is 0 Å². The second kappa shape index (κ2) is 12.2. The minimum Gasteiger partial charge on any atom is -0.444 e. The van der Waals surface area contributed by atoms with Crippen molar-refractivity contribution in [3.8, 4) is 0 Å². The van der Waals surface area contributed by atoms with Crippen LogP contribution < -0.4 is 5.32 Å².